The van der Waals surface area contributed by atoms with E-state index in [0.717, 1.165) is 16.8 Å². The molecule has 0 saturated heterocycles. The topological polar surface area (TPSA) is 72.4 Å². The molecule has 2 aromatic carbocycles. The summed E-state index contributed by atoms with van der Waals surface area (Å²) >= 11 is 0. The number of para-hydroxylation sites is 2. The van der Waals surface area contributed by atoms with Crippen molar-refractivity contribution in [1.29, 1.82) is 5.41 Å². The third kappa shape index (κ3) is 3.53. The number of nitrogens with one attached hydrogen (secondary N) is 1. The zero-order valence-corrected chi connectivity index (χ0v) is 14.5. The van der Waals surface area contributed by atoms with E-state index in [4.69, 9.17) is 14.9 Å². The van der Waals surface area contributed by atoms with Gasteiger partial charge in [0.15, 0.2) is 0 Å². The number of hydrogen-bond donors (Lipinski definition) is 2. The molecule has 0 bridgehead atoms. The zero-order chi connectivity index (χ0) is 17.8. The fourth-order valence-electron chi connectivity index (χ4n) is 2.93. The van der Waals surface area contributed by atoms with Crippen LogP contribution in [0.2, 0.25) is 0 Å². The Kier molecular flexibility index (Phi) is 5.09. The highest BCUT2D eigenvalue weighted by molar-refractivity contribution is 5.75. The highest BCUT2D eigenvalue weighted by Crippen LogP contribution is 2.17. The number of imidazole rings is 1. The van der Waals surface area contributed by atoms with Crippen LogP contribution in [0, 0.1) is 5.41 Å². The number of aromatic nitrogens is 2. The first kappa shape index (κ1) is 17.1. The Bertz CT molecular complexity index is 896. The van der Waals surface area contributed by atoms with Crippen molar-refractivity contribution in [3.63, 3.8) is 0 Å². The van der Waals surface area contributed by atoms with Crippen molar-refractivity contribution >= 4 is 11.0 Å². The van der Waals surface area contributed by atoms with E-state index >= 15 is 0 Å². The molecule has 0 unspecified atom stereocenters. The fourth-order valence-corrected chi connectivity index (χ4v) is 2.93. The van der Waals surface area contributed by atoms with Crippen molar-refractivity contribution in [3.8, 4) is 11.5 Å². The minimum absolute atomic E-state index is 0.157. The van der Waals surface area contributed by atoms with Crippen LogP contribution in [0.1, 0.15) is 6.92 Å². The summed E-state index contributed by atoms with van der Waals surface area (Å²) in [4.78, 5) is 0. The number of ether oxygens (including phenoxy) is 2. The number of rotatable bonds is 7. The van der Waals surface area contributed by atoms with Gasteiger partial charge < -0.3 is 23.7 Å². The van der Waals surface area contributed by atoms with Crippen LogP contribution in [0.3, 0.4) is 0 Å². The number of aliphatic hydroxyl groups excluding tert-OH is 1. The van der Waals surface area contributed by atoms with Crippen LogP contribution in [-0.4, -0.2) is 34.1 Å². The fraction of sp³-hybridized carbons (Fsp3) is 0.316. The van der Waals surface area contributed by atoms with Crippen molar-refractivity contribution < 1.29 is 14.6 Å². The normalized spacial score (nSPS) is 12.3. The predicted octanol–water partition coefficient (Wildman–Crippen LogP) is 2.39. The maximum Gasteiger partial charge on any atom is 0.203 e. The minimum Gasteiger partial charge on any atom is -0.497 e. The van der Waals surface area contributed by atoms with Crippen molar-refractivity contribution in [2.45, 2.75) is 26.1 Å². The monoisotopic (exact) mass is 341 g/mol. The smallest absolute Gasteiger partial charge is 0.203 e. The number of benzene rings is 2. The lowest BCUT2D eigenvalue weighted by Gasteiger charge is -2.14. The third-order valence-electron chi connectivity index (χ3n) is 4.19. The average Bonchev–Trinajstić information content (AvgIpc) is 2.91. The van der Waals surface area contributed by atoms with Crippen molar-refractivity contribution in [1.82, 2.24) is 9.13 Å². The van der Waals surface area contributed by atoms with Crippen LogP contribution in [0.25, 0.3) is 11.0 Å². The second kappa shape index (κ2) is 7.44. The average molecular weight is 341 g/mol. The number of methoxy groups -OCH3 is 1. The zero-order valence-electron chi connectivity index (χ0n) is 14.5. The van der Waals surface area contributed by atoms with Gasteiger partial charge in [0.2, 0.25) is 5.62 Å². The van der Waals surface area contributed by atoms with Gasteiger partial charge in [-0.05, 0) is 43.3 Å². The summed E-state index contributed by atoms with van der Waals surface area (Å²) in [7, 11) is 1.61. The van der Waals surface area contributed by atoms with E-state index in [1.165, 1.54) is 0 Å². The largest absolute Gasteiger partial charge is 0.497 e. The van der Waals surface area contributed by atoms with E-state index in [1.807, 2.05) is 52.5 Å². The van der Waals surface area contributed by atoms with Gasteiger partial charge in [0, 0.05) is 6.54 Å². The summed E-state index contributed by atoms with van der Waals surface area (Å²) in [6.45, 7) is 3.19. The molecule has 132 valence electrons. The summed E-state index contributed by atoms with van der Waals surface area (Å²) in [5.74, 6) is 1.43. The van der Waals surface area contributed by atoms with Crippen LogP contribution in [-0.2, 0) is 13.1 Å². The van der Waals surface area contributed by atoms with Gasteiger partial charge >= 0.3 is 0 Å². The SMILES string of the molecule is CCn1c(=N)n(C[C@H](O)COc2ccc(OC)cc2)c2ccccc21. The van der Waals surface area contributed by atoms with E-state index in [0.29, 0.717) is 24.5 Å². The van der Waals surface area contributed by atoms with Gasteiger partial charge in [-0.25, -0.2) is 0 Å². The maximum atomic E-state index is 10.4. The van der Waals surface area contributed by atoms with Gasteiger partial charge in [-0.3, -0.25) is 5.41 Å². The first-order chi connectivity index (χ1) is 12.1. The van der Waals surface area contributed by atoms with E-state index in [1.54, 1.807) is 19.2 Å². The molecular weight excluding hydrogens is 318 g/mol. The van der Waals surface area contributed by atoms with Crippen LogP contribution >= 0.6 is 0 Å². The number of aliphatic hydroxyl groups is 1. The first-order valence-electron chi connectivity index (χ1n) is 8.31. The molecule has 3 aromatic rings. The summed E-state index contributed by atoms with van der Waals surface area (Å²) in [5, 5.41) is 18.7. The highest BCUT2D eigenvalue weighted by atomic mass is 16.5. The molecule has 0 aliphatic rings. The summed E-state index contributed by atoms with van der Waals surface area (Å²) in [6.07, 6.45) is -0.715. The minimum atomic E-state index is -0.715. The van der Waals surface area contributed by atoms with Gasteiger partial charge in [-0.15, -0.1) is 0 Å². The lowest BCUT2D eigenvalue weighted by Crippen LogP contribution is -2.31. The van der Waals surface area contributed by atoms with E-state index in [-0.39, 0.29) is 6.61 Å². The molecule has 1 atom stereocenters. The molecule has 25 heavy (non-hydrogen) atoms. The van der Waals surface area contributed by atoms with E-state index < -0.39 is 6.10 Å². The molecule has 1 heterocycles. The molecule has 0 aliphatic heterocycles. The van der Waals surface area contributed by atoms with Crippen LogP contribution in [0.4, 0.5) is 0 Å². The van der Waals surface area contributed by atoms with Gasteiger partial charge in [-0.2, -0.15) is 0 Å². The molecule has 0 saturated carbocycles. The quantitative estimate of drug-likeness (QED) is 0.693. The Morgan fingerprint density at radius 2 is 1.60 bits per heavy atom. The van der Waals surface area contributed by atoms with Crippen molar-refractivity contribution in [2.75, 3.05) is 13.7 Å². The molecule has 0 spiro atoms. The maximum absolute atomic E-state index is 10.4. The third-order valence-corrected chi connectivity index (χ3v) is 4.19. The molecule has 0 aliphatic carbocycles. The Balaban J connectivity index is 1.72. The molecular formula is C19H23N3O3. The molecule has 6 heteroatoms. The lowest BCUT2D eigenvalue weighted by atomic mass is 10.3. The molecule has 3 rings (SSSR count). The Labute approximate surface area is 146 Å². The highest BCUT2D eigenvalue weighted by Gasteiger charge is 2.13. The second-order valence-electron chi connectivity index (χ2n) is 5.81. The molecule has 0 fully saturated rings. The van der Waals surface area contributed by atoms with Gasteiger partial charge in [0.05, 0.1) is 24.7 Å². The summed E-state index contributed by atoms with van der Waals surface area (Å²) < 4.78 is 14.5. The van der Waals surface area contributed by atoms with Gasteiger partial charge in [0.25, 0.3) is 0 Å². The molecule has 6 nitrogen and oxygen atoms in total. The lowest BCUT2D eigenvalue weighted by molar-refractivity contribution is 0.0921. The number of aryl methyl sites for hydroxylation is 1. The summed E-state index contributed by atoms with van der Waals surface area (Å²) in [5.41, 5.74) is 2.32. The van der Waals surface area contributed by atoms with Crippen LogP contribution in [0.15, 0.2) is 48.5 Å². The van der Waals surface area contributed by atoms with E-state index in [2.05, 4.69) is 0 Å². The predicted molar refractivity (Wildman–Crippen MR) is 96.0 cm³/mol. The molecule has 0 radical (unpaired) electrons. The Hall–Kier alpha value is -2.73. The summed E-state index contributed by atoms with van der Waals surface area (Å²) in [6, 6.07) is 15.1. The molecule has 1 aromatic heterocycles. The molecule has 2 N–H and O–H groups in total. The van der Waals surface area contributed by atoms with Crippen LogP contribution < -0.4 is 15.1 Å². The Morgan fingerprint density at radius 3 is 2.20 bits per heavy atom. The number of nitrogens with zero attached hydrogens (tertiary/aromatic N) is 2. The van der Waals surface area contributed by atoms with Gasteiger partial charge in [0.1, 0.15) is 24.2 Å². The standard InChI is InChI=1S/C19H23N3O3/c1-3-21-17-6-4-5-7-18(17)22(19(21)20)12-14(23)13-25-16-10-8-15(24-2)9-11-16/h4-11,14,20,23H,3,12-13H2,1-2H3/t14-/m0/s1. The Morgan fingerprint density at radius 1 is 1.00 bits per heavy atom. The van der Waals surface area contributed by atoms with Crippen molar-refractivity contribution in [2.24, 2.45) is 0 Å². The first-order valence-corrected chi connectivity index (χ1v) is 8.31. The number of fused-ring (bicyclic) bond motifs is 1. The van der Waals surface area contributed by atoms with Crippen LogP contribution in [0.5, 0.6) is 11.5 Å². The molecule has 0 amide bonds. The number of hydrogen-bond acceptors (Lipinski definition) is 4. The van der Waals surface area contributed by atoms with E-state index in [9.17, 15) is 5.11 Å². The van der Waals surface area contributed by atoms with Gasteiger partial charge in [-0.1, -0.05) is 12.1 Å². The second-order valence-corrected chi connectivity index (χ2v) is 5.81. The van der Waals surface area contributed by atoms with Crippen molar-refractivity contribution in [3.05, 3.63) is 54.1 Å².